The Morgan fingerprint density at radius 1 is 0.758 bits per heavy atom. The Bertz CT molecular complexity index is 1220. The van der Waals surface area contributed by atoms with Crippen molar-refractivity contribution < 1.29 is 9.84 Å². The normalized spacial score (nSPS) is 13.3. The SMILES string of the molecule is CCOc1c(-c2ccccc2)nc(N2CCCC2)c(-c2ccc(O)cc2)c1-c1ccccc1. The lowest BCUT2D eigenvalue weighted by Gasteiger charge is -2.27. The molecule has 1 aliphatic heterocycles. The number of ether oxygens (including phenoxy) is 1. The second-order valence-electron chi connectivity index (χ2n) is 8.27. The third-order valence-electron chi connectivity index (χ3n) is 6.09. The Morgan fingerprint density at radius 3 is 1.94 bits per heavy atom. The van der Waals surface area contributed by atoms with Gasteiger partial charge in [0.05, 0.1) is 6.61 Å². The number of aromatic nitrogens is 1. The topological polar surface area (TPSA) is 45.6 Å². The standard InChI is InChI=1S/C29H28N2O2/c1-2-33-28-25(21-11-5-3-6-12-21)26(22-15-17-24(32)18-16-22)29(31-19-9-10-20-31)30-27(28)23-13-7-4-8-14-23/h3-8,11-18,32H,2,9-10,19-20H2,1H3. The first kappa shape index (κ1) is 21.1. The van der Waals surface area contributed by atoms with E-state index in [0.717, 1.165) is 71.0 Å². The monoisotopic (exact) mass is 436 g/mol. The van der Waals surface area contributed by atoms with E-state index < -0.39 is 0 Å². The third-order valence-corrected chi connectivity index (χ3v) is 6.09. The predicted octanol–water partition coefficient (Wildman–Crippen LogP) is 6.79. The van der Waals surface area contributed by atoms with E-state index in [-0.39, 0.29) is 5.75 Å². The summed E-state index contributed by atoms with van der Waals surface area (Å²) < 4.78 is 6.35. The highest BCUT2D eigenvalue weighted by molar-refractivity contribution is 5.97. The zero-order chi connectivity index (χ0) is 22.6. The Kier molecular flexibility index (Phi) is 5.99. The van der Waals surface area contributed by atoms with Crippen molar-refractivity contribution in [3.8, 4) is 45.0 Å². The molecule has 166 valence electrons. The molecule has 1 aliphatic rings. The third kappa shape index (κ3) is 4.17. The predicted molar refractivity (Wildman–Crippen MR) is 135 cm³/mol. The van der Waals surface area contributed by atoms with Crippen LogP contribution in [0.1, 0.15) is 19.8 Å². The molecule has 0 radical (unpaired) electrons. The fourth-order valence-corrected chi connectivity index (χ4v) is 4.57. The first-order valence-electron chi connectivity index (χ1n) is 11.6. The molecule has 1 N–H and O–H groups in total. The zero-order valence-corrected chi connectivity index (χ0v) is 18.9. The summed E-state index contributed by atoms with van der Waals surface area (Å²) in [6.07, 6.45) is 2.32. The van der Waals surface area contributed by atoms with Crippen molar-refractivity contribution >= 4 is 5.82 Å². The van der Waals surface area contributed by atoms with Crippen LogP contribution in [0.2, 0.25) is 0 Å². The molecule has 2 heterocycles. The van der Waals surface area contributed by atoms with E-state index in [1.165, 1.54) is 0 Å². The minimum absolute atomic E-state index is 0.252. The Labute approximate surface area is 195 Å². The molecule has 33 heavy (non-hydrogen) atoms. The number of aromatic hydroxyl groups is 1. The van der Waals surface area contributed by atoms with E-state index >= 15 is 0 Å². The Balaban J connectivity index is 1.89. The molecular weight excluding hydrogens is 408 g/mol. The van der Waals surface area contributed by atoms with Crippen LogP contribution < -0.4 is 9.64 Å². The second kappa shape index (κ2) is 9.37. The maximum Gasteiger partial charge on any atom is 0.154 e. The zero-order valence-electron chi connectivity index (χ0n) is 18.9. The fraction of sp³-hybridized carbons (Fsp3) is 0.207. The lowest BCUT2D eigenvalue weighted by Crippen LogP contribution is -2.21. The van der Waals surface area contributed by atoms with Gasteiger partial charge in [0.1, 0.15) is 17.3 Å². The average Bonchev–Trinajstić information content (AvgIpc) is 3.40. The van der Waals surface area contributed by atoms with Crippen molar-refractivity contribution in [1.29, 1.82) is 0 Å². The van der Waals surface area contributed by atoms with Crippen LogP contribution in [0.15, 0.2) is 84.9 Å². The van der Waals surface area contributed by atoms with Crippen LogP contribution in [-0.2, 0) is 0 Å². The van der Waals surface area contributed by atoms with Crippen molar-refractivity contribution in [2.24, 2.45) is 0 Å². The molecule has 1 saturated heterocycles. The molecule has 1 aromatic heterocycles. The largest absolute Gasteiger partial charge is 0.508 e. The number of phenolic OH excluding ortho intramolecular Hbond substituents is 1. The van der Waals surface area contributed by atoms with Gasteiger partial charge in [-0.25, -0.2) is 4.98 Å². The first-order chi connectivity index (χ1) is 16.3. The van der Waals surface area contributed by atoms with Gasteiger partial charge in [0.25, 0.3) is 0 Å². The molecule has 5 rings (SSSR count). The van der Waals surface area contributed by atoms with Crippen molar-refractivity contribution in [3.63, 3.8) is 0 Å². The molecule has 0 amide bonds. The van der Waals surface area contributed by atoms with Gasteiger partial charge < -0.3 is 14.7 Å². The first-order valence-corrected chi connectivity index (χ1v) is 11.6. The van der Waals surface area contributed by atoms with Crippen LogP contribution in [0.3, 0.4) is 0 Å². The molecule has 3 aromatic carbocycles. The molecule has 0 saturated carbocycles. The summed E-state index contributed by atoms with van der Waals surface area (Å²) in [5.41, 5.74) is 6.09. The van der Waals surface area contributed by atoms with E-state index in [1.54, 1.807) is 12.1 Å². The van der Waals surface area contributed by atoms with Gasteiger partial charge >= 0.3 is 0 Å². The van der Waals surface area contributed by atoms with E-state index in [1.807, 2.05) is 43.3 Å². The number of hydrogen-bond donors (Lipinski definition) is 1. The molecule has 0 unspecified atom stereocenters. The number of hydrogen-bond acceptors (Lipinski definition) is 4. The van der Waals surface area contributed by atoms with Crippen molar-refractivity contribution in [2.45, 2.75) is 19.8 Å². The summed E-state index contributed by atoms with van der Waals surface area (Å²) in [5.74, 6) is 2.02. The van der Waals surface area contributed by atoms with Gasteiger partial charge in [-0.2, -0.15) is 0 Å². The summed E-state index contributed by atoms with van der Waals surface area (Å²) in [5, 5.41) is 9.95. The highest BCUT2D eigenvalue weighted by atomic mass is 16.5. The smallest absolute Gasteiger partial charge is 0.154 e. The van der Waals surface area contributed by atoms with Gasteiger partial charge in [0, 0.05) is 29.8 Å². The van der Waals surface area contributed by atoms with Crippen LogP contribution in [-0.4, -0.2) is 29.8 Å². The minimum Gasteiger partial charge on any atom is -0.508 e. The quantitative estimate of drug-likeness (QED) is 0.362. The van der Waals surface area contributed by atoms with Gasteiger partial charge in [-0.15, -0.1) is 0 Å². The Morgan fingerprint density at radius 2 is 1.33 bits per heavy atom. The van der Waals surface area contributed by atoms with Crippen molar-refractivity contribution in [1.82, 2.24) is 4.98 Å². The number of nitrogens with zero attached hydrogens (tertiary/aromatic N) is 2. The van der Waals surface area contributed by atoms with Crippen LogP contribution in [0.5, 0.6) is 11.5 Å². The molecule has 0 spiro atoms. The summed E-state index contributed by atoms with van der Waals surface area (Å²) in [6, 6.07) is 28.1. The van der Waals surface area contributed by atoms with Crippen molar-refractivity contribution in [3.05, 3.63) is 84.9 Å². The van der Waals surface area contributed by atoms with E-state index in [4.69, 9.17) is 9.72 Å². The second-order valence-corrected chi connectivity index (χ2v) is 8.27. The lowest BCUT2D eigenvalue weighted by atomic mass is 9.91. The number of benzene rings is 3. The van der Waals surface area contributed by atoms with Crippen LogP contribution >= 0.6 is 0 Å². The molecule has 4 nitrogen and oxygen atoms in total. The summed E-state index contributed by atoms with van der Waals surface area (Å²) in [7, 11) is 0. The molecule has 4 heteroatoms. The molecule has 0 aliphatic carbocycles. The van der Waals surface area contributed by atoms with Gasteiger partial charge in [-0.05, 0) is 43.0 Å². The minimum atomic E-state index is 0.252. The van der Waals surface area contributed by atoms with Gasteiger partial charge in [0.15, 0.2) is 5.75 Å². The summed E-state index contributed by atoms with van der Waals surface area (Å²) >= 11 is 0. The number of rotatable bonds is 6. The van der Waals surface area contributed by atoms with Gasteiger partial charge in [-0.1, -0.05) is 72.8 Å². The summed E-state index contributed by atoms with van der Waals surface area (Å²) in [6.45, 7) is 4.51. The van der Waals surface area contributed by atoms with Crippen LogP contribution in [0.25, 0.3) is 33.5 Å². The van der Waals surface area contributed by atoms with Crippen molar-refractivity contribution in [2.75, 3.05) is 24.6 Å². The number of pyridine rings is 1. The maximum absolute atomic E-state index is 9.95. The van der Waals surface area contributed by atoms with Gasteiger partial charge in [0.2, 0.25) is 0 Å². The highest BCUT2D eigenvalue weighted by Gasteiger charge is 2.28. The highest BCUT2D eigenvalue weighted by Crippen LogP contribution is 2.49. The van der Waals surface area contributed by atoms with Crippen LogP contribution in [0.4, 0.5) is 5.82 Å². The van der Waals surface area contributed by atoms with E-state index in [2.05, 4.69) is 41.3 Å². The van der Waals surface area contributed by atoms with Gasteiger partial charge in [-0.3, -0.25) is 0 Å². The Hall–Kier alpha value is -3.79. The molecule has 0 atom stereocenters. The lowest BCUT2D eigenvalue weighted by molar-refractivity contribution is 0.342. The number of anilines is 1. The summed E-state index contributed by atoms with van der Waals surface area (Å²) in [4.78, 5) is 7.65. The van der Waals surface area contributed by atoms with E-state index in [0.29, 0.717) is 6.61 Å². The number of phenols is 1. The fourth-order valence-electron chi connectivity index (χ4n) is 4.57. The molecular formula is C29H28N2O2. The molecule has 1 fully saturated rings. The van der Waals surface area contributed by atoms with E-state index in [9.17, 15) is 5.11 Å². The average molecular weight is 437 g/mol. The van der Waals surface area contributed by atoms with Crippen LogP contribution in [0, 0.1) is 0 Å². The molecule has 4 aromatic rings. The molecule has 0 bridgehead atoms. The maximum atomic E-state index is 9.95.